The Bertz CT molecular complexity index is 898. The molecule has 3 aromatic rings. The molecule has 0 saturated carbocycles. The van der Waals surface area contributed by atoms with Gasteiger partial charge in [0.2, 0.25) is 0 Å². The molecule has 0 aliphatic heterocycles. The van der Waals surface area contributed by atoms with Gasteiger partial charge in [-0.1, -0.05) is 29.8 Å². The monoisotopic (exact) mass is 358 g/mol. The summed E-state index contributed by atoms with van der Waals surface area (Å²) in [7, 11) is 0. The van der Waals surface area contributed by atoms with E-state index in [2.05, 4.69) is 0 Å². The quantitative estimate of drug-likeness (QED) is 0.576. The maximum atomic E-state index is 11.7. The van der Waals surface area contributed by atoms with Crippen LogP contribution >= 0.6 is 11.6 Å². The van der Waals surface area contributed by atoms with Gasteiger partial charge in [0.15, 0.2) is 0 Å². The predicted molar refractivity (Wildman–Crippen MR) is 97.1 cm³/mol. The fourth-order valence-corrected chi connectivity index (χ4v) is 3.02. The number of furan rings is 1. The van der Waals surface area contributed by atoms with Gasteiger partial charge in [-0.05, 0) is 37.6 Å². The van der Waals surface area contributed by atoms with Crippen LogP contribution in [0.5, 0.6) is 5.75 Å². The number of para-hydroxylation sites is 1. The molecule has 0 aliphatic carbocycles. The number of aryl methyl sites for hydroxylation is 1. The van der Waals surface area contributed by atoms with E-state index in [0.29, 0.717) is 24.0 Å². The minimum absolute atomic E-state index is 0.182. The molecule has 3 rings (SSSR count). The maximum Gasteiger partial charge on any atom is 0.310 e. The van der Waals surface area contributed by atoms with E-state index >= 15 is 0 Å². The number of fused-ring (bicyclic) bond motifs is 1. The number of rotatable bonds is 6. The van der Waals surface area contributed by atoms with Gasteiger partial charge in [0.1, 0.15) is 17.9 Å². The van der Waals surface area contributed by atoms with Crippen LogP contribution in [-0.4, -0.2) is 12.6 Å². The molecule has 5 heteroatoms. The fourth-order valence-electron chi connectivity index (χ4n) is 2.74. The van der Waals surface area contributed by atoms with E-state index in [0.717, 1.165) is 27.7 Å². The summed E-state index contributed by atoms with van der Waals surface area (Å²) in [5, 5.41) is 1.60. The zero-order valence-corrected chi connectivity index (χ0v) is 14.9. The van der Waals surface area contributed by atoms with Crippen LogP contribution in [0.4, 0.5) is 0 Å². The van der Waals surface area contributed by atoms with Gasteiger partial charge in [-0.25, -0.2) is 0 Å². The Labute approximate surface area is 151 Å². The van der Waals surface area contributed by atoms with Crippen molar-refractivity contribution in [2.75, 3.05) is 6.61 Å². The normalized spacial score (nSPS) is 10.8. The van der Waals surface area contributed by atoms with Gasteiger partial charge >= 0.3 is 5.97 Å². The number of hydrogen-bond donors (Lipinski definition) is 0. The number of hydrogen-bond acceptors (Lipinski definition) is 4. The van der Waals surface area contributed by atoms with Crippen molar-refractivity contribution < 1.29 is 18.7 Å². The molecule has 130 valence electrons. The van der Waals surface area contributed by atoms with Crippen molar-refractivity contribution in [3.05, 3.63) is 64.4 Å². The summed E-state index contributed by atoms with van der Waals surface area (Å²) < 4.78 is 16.6. The number of carbonyl (C=O) groups excluding carboxylic acids is 1. The molecule has 2 aromatic carbocycles. The summed E-state index contributed by atoms with van der Waals surface area (Å²) in [6.45, 7) is 4.43. The van der Waals surface area contributed by atoms with Crippen LogP contribution in [0.3, 0.4) is 0 Å². The van der Waals surface area contributed by atoms with Gasteiger partial charge in [0, 0.05) is 21.5 Å². The third kappa shape index (κ3) is 3.97. The van der Waals surface area contributed by atoms with E-state index in [4.69, 9.17) is 25.5 Å². The molecule has 0 amide bonds. The van der Waals surface area contributed by atoms with Crippen LogP contribution in [0, 0.1) is 6.92 Å². The number of benzene rings is 2. The van der Waals surface area contributed by atoms with Crippen molar-refractivity contribution in [1.29, 1.82) is 0 Å². The van der Waals surface area contributed by atoms with Crippen molar-refractivity contribution in [1.82, 2.24) is 0 Å². The Balaban J connectivity index is 1.79. The lowest BCUT2D eigenvalue weighted by Crippen LogP contribution is -2.09. The van der Waals surface area contributed by atoms with E-state index in [9.17, 15) is 4.79 Å². The highest BCUT2D eigenvalue weighted by molar-refractivity contribution is 6.31. The number of carbonyl (C=O) groups is 1. The summed E-state index contributed by atoms with van der Waals surface area (Å²) >= 11 is 6.15. The Hall–Kier alpha value is -2.46. The molecule has 25 heavy (non-hydrogen) atoms. The molecule has 0 saturated heterocycles. The summed E-state index contributed by atoms with van der Waals surface area (Å²) in [5.41, 5.74) is 3.49. The highest BCUT2D eigenvalue weighted by Gasteiger charge is 2.13. The molecule has 0 bridgehead atoms. The summed E-state index contributed by atoms with van der Waals surface area (Å²) in [6, 6.07) is 11.2. The lowest BCUT2D eigenvalue weighted by Gasteiger charge is -2.10. The van der Waals surface area contributed by atoms with Crippen molar-refractivity contribution in [3.8, 4) is 5.75 Å². The number of halogens is 1. The number of ether oxygens (including phenoxy) is 2. The lowest BCUT2D eigenvalue weighted by molar-refractivity contribution is -0.142. The van der Waals surface area contributed by atoms with Gasteiger partial charge in [0.25, 0.3) is 0 Å². The van der Waals surface area contributed by atoms with Gasteiger partial charge < -0.3 is 13.9 Å². The van der Waals surface area contributed by atoms with E-state index in [-0.39, 0.29) is 12.4 Å². The Morgan fingerprint density at radius 3 is 2.80 bits per heavy atom. The van der Waals surface area contributed by atoms with Crippen LogP contribution in [0.1, 0.15) is 23.6 Å². The standard InChI is InChI=1S/C20H19ClO4/c1-3-23-19(22)9-14-6-4-5-7-18(14)24-11-15-12-25-20-13(2)8-16(21)10-17(15)20/h4-8,10,12H,3,9,11H2,1-2H3. The van der Waals surface area contributed by atoms with E-state index < -0.39 is 0 Å². The van der Waals surface area contributed by atoms with E-state index in [1.54, 1.807) is 13.2 Å². The molecule has 1 aromatic heterocycles. The predicted octanol–water partition coefficient (Wildman–Crippen LogP) is 5.08. The molecule has 0 spiro atoms. The zero-order chi connectivity index (χ0) is 17.8. The molecule has 0 radical (unpaired) electrons. The molecule has 4 nitrogen and oxygen atoms in total. The van der Waals surface area contributed by atoms with E-state index in [1.807, 2.05) is 43.3 Å². The first kappa shape index (κ1) is 17.4. The maximum absolute atomic E-state index is 11.7. The lowest BCUT2D eigenvalue weighted by atomic mass is 10.1. The minimum Gasteiger partial charge on any atom is -0.488 e. The average molecular weight is 359 g/mol. The molecule has 0 atom stereocenters. The van der Waals surface area contributed by atoms with Crippen molar-refractivity contribution >= 4 is 28.5 Å². The van der Waals surface area contributed by atoms with Crippen molar-refractivity contribution in [2.45, 2.75) is 26.9 Å². The van der Waals surface area contributed by atoms with Crippen molar-refractivity contribution in [2.24, 2.45) is 0 Å². The van der Waals surface area contributed by atoms with Gasteiger partial charge in [0.05, 0.1) is 19.3 Å². The second-order valence-electron chi connectivity index (χ2n) is 5.74. The Morgan fingerprint density at radius 2 is 2.00 bits per heavy atom. The highest BCUT2D eigenvalue weighted by atomic mass is 35.5. The first-order valence-corrected chi connectivity index (χ1v) is 8.48. The zero-order valence-electron chi connectivity index (χ0n) is 14.2. The molecule has 0 N–H and O–H groups in total. The Morgan fingerprint density at radius 1 is 1.20 bits per heavy atom. The van der Waals surface area contributed by atoms with Crippen LogP contribution in [0.25, 0.3) is 11.0 Å². The molecule has 0 fully saturated rings. The number of esters is 1. The first-order valence-electron chi connectivity index (χ1n) is 8.11. The first-order chi connectivity index (χ1) is 12.1. The second kappa shape index (κ2) is 7.62. The van der Waals surface area contributed by atoms with Crippen LogP contribution in [-0.2, 0) is 22.6 Å². The van der Waals surface area contributed by atoms with E-state index in [1.165, 1.54) is 0 Å². The highest BCUT2D eigenvalue weighted by Crippen LogP contribution is 2.29. The van der Waals surface area contributed by atoms with Gasteiger partial charge in [-0.2, -0.15) is 0 Å². The molecular formula is C20H19ClO4. The summed E-state index contributed by atoms with van der Waals surface area (Å²) in [4.78, 5) is 11.7. The molecule has 0 aliphatic rings. The molecule has 1 heterocycles. The van der Waals surface area contributed by atoms with Gasteiger partial charge in [-0.15, -0.1) is 0 Å². The average Bonchev–Trinajstić information content (AvgIpc) is 2.97. The third-order valence-electron chi connectivity index (χ3n) is 3.90. The topological polar surface area (TPSA) is 48.7 Å². The smallest absolute Gasteiger partial charge is 0.310 e. The van der Waals surface area contributed by atoms with Gasteiger partial charge in [-0.3, -0.25) is 4.79 Å². The van der Waals surface area contributed by atoms with Crippen LogP contribution in [0.15, 0.2) is 47.1 Å². The fraction of sp³-hybridized carbons (Fsp3) is 0.250. The molecular weight excluding hydrogens is 340 g/mol. The van der Waals surface area contributed by atoms with Crippen LogP contribution in [0.2, 0.25) is 5.02 Å². The van der Waals surface area contributed by atoms with Crippen molar-refractivity contribution in [3.63, 3.8) is 0 Å². The van der Waals surface area contributed by atoms with Crippen LogP contribution < -0.4 is 4.74 Å². The summed E-state index contributed by atoms with van der Waals surface area (Å²) in [6.07, 6.45) is 1.86. The summed E-state index contributed by atoms with van der Waals surface area (Å²) in [5.74, 6) is 0.387. The molecule has 0 unspecified atom stereocenters. The largest absolute Gasteiger partial charge is 0.488 e. The third-order valence-corrected chi connectivity index (χ3v) is 4.12. The second-order valence-corrected chi connectivity index (χ2v) is 6.17. The Kier molecular flexibility index (Phi) is 5.29. The minimum atomic E-state index is -0.269. The SMILES string of the molecule is CCOC(=O)Cc1ccccc1OCc1coc2c(C)cc(Cl)cc12.